The van der Waals surface area contributed by atoms with Gasteiger partial charge in [0, 0.05) is 47.2 Å². The van der Waals surface area contributed by atoms with Crippen molar-refractivity contribution in [2.45, 2.75) is 46.4 Å². The number of para-hydroxylation sites is 2. The van der Waals surface area contributed by atoms with Crippen molar-refractivity contribution in [1.82, 2.24) is 19.5 Å². The number of benzene rings is 7. The van der Waals surface area contributed by atoms with Crippen molar-refractivity contribution in [2.24, 2.45) is 0 Å². The Bertz CT molecular complexity index is 3150. The van der Waals surface area contributed by atoms with Crippen LogP contribution in [0.4, 0.5) is 0 Å². The predicted molar refractivity (Wildman–Crippen MR) is 251 cm³/mol. The van der Waals surface area contributed by atoms with Crippen LogP contribution in [-0.4, -0.2) is 19.5 Å². The van der Waals surface area contributed by atoms with Gasteiger partial charge in [-0.15, -0.1) is 47.5 Å². The Morgan fingerprint density at radius 3 is 1.85 bits per heavy atom. The maximum Gasteiger partial charge on any atom is 0.215 e. The Morgan fingerprint density at radius 2 is 1.24 bits per heavy atom. The molecule has 6 heteroatoms. The minimum atomic E-state index is -2.09. The third kappa shape index (κ3) is 8.58. The summed E-state index contributed by atoms with van der Waals surface area (Å²) >= 11 is 0. The van der Waals surface area contributed by atoms with Gasteiger partial charge in [-0.25, -0.2) is 0 Å². The molecule has 1 radical (unpaired) electrons. The maximum atomic E-state index is 7.23. The molecule has 0 amide bonds. The van der Waals surface area contributed by atoms with Crippen LogP contribution < -0.4 is 0 Å². The topological polar surface area (TPSA) is 56.7 Å². The number of aromatic nitrogens is 4. The summed E-state index contributed by atoms with van der Waals surface area (Å²) in [6.45, 7) is 7.03. The molecule has 0 N–H and O–H groups in total. The van der Waals surface area contributed by atoms with Gasteiger partial charge in [-0.1, -0.05) is 142 Å². The molecule has 10 aromatic rings. The van der Waals surface area contributed by atoms with Crippen LogP contribution in [0.2, 0.25) is 0 Å². The molecule has 62 heavy (non-hydrogen) atoms. The number of hydrogen-bond donors (Lipinski definition) is 0. The molecule has 0 aliphatic carbocycles. The molecule has 0 aliphatic rings. The number of oxazole rings is 1. The molecule has 0 fully saturated rings. The van der Waals surface area contributed by atoms with E-state index >= 15 is 0 Å². The van der Waals surface area contributed by atoms with E-state index in [4.69, 9.17) is 18.5 Å². The van der Waals surface area contributed by atoms with E-state index < -0.39 is 6.85 Å². The fourth-order valence-electron chi connectivity index (χ4n) is 7.78. The van der Waals surface area contributed by atoms with Crippen molar-refractivity contribution >= 4 is 22.1 Å². The number of pyridine rings is 1. The third-order valence-electron chi connectivity index (χ3n) is 10.8. The number of imidazole rings is 1. The van der Waals surface area contributed by atoms with E-state index in [2.05, 4.69) is 146 Å². The van der Waals surface area contributed by atoms with E-state index in [0.717, 1.165) is 55.9 Å². The molecule has 0 bridgehead atoms. The van der Waals surface area contributed by atoms with Gasteiger partial charge in [0.05, 0.1) is 22.4 Å². The summed E-state index contributed by atoms with van der Waals surface area (Å²) in [6, 6.07) is 63.8. The molecule has 3 heterocycles. The van der Waals surface area contributed by atoms with Crippen molar-refractivity contribution in [1.29, 1.82) is 0 Å². The van der Waals surface area contributed by atoms with Crippen LogP contribution in [0.25, 0.3) is 84.2 Å². The Labute approximate surface area is 381 Å². The van der Waals surface area contributed by atoms with Crippen molar-refractivity contribution in [3.05, 3.63) is 205 Å². The molecule has 7 aromatic carbocycles. The Balaban J connectivity index is 0.000000287. The average Bonchev–Trinajstić information content (AvgIpc) is 3.94. The largest absolute Gasteiger partial charge is 0.457 e. The maximum absolute atomic E-state index is 7.23. The van der Waals surface area contributed by atoms with Crippen molar-refractivity contribution in [2.75, 3.05) is 0 Å². The van der Waals surface area contributed by atoms with E-state index in [-0.39, 0.29) is 37.5 Å². The second kappa shape index (κ2) is 18.5. The molecule has 0 saturated carbocycles. The molecule has 10 rings (SSSR count). The van der Waals surface area contributed by atoms with E-state index in [1.54, 1.807) is 18.2 Å². The van der Waals surface area contributed by atoms with Gasteiger partial charge in [-0.2, -0.15) is 0 Å². The summed E-state index contributed by atoms with van der Waals surface area (Å²) in [5, 5.41) is 0. The zero-order chi connectivity index (χ0) is 44.4. The quantitative estimate of drug-likeness (QED) is 0.142. The molecule has 307 valence electrons. The number of aryl methyl sites for hydroxylation is 1. The first-order valence-corrected chi connectivity index (χ1v) is 20.7. The second-order valence-electron chi connectivity index (χ2n) is 15.7. The molecular weight excluding hydrogens is 937 g/mol. The van der Waals surface area contributed by atoms with Gasteiger partial charge in [-0.05, 0) is 94.2 Å². The first-order valence-electron chi connectivity index (χ1n) is 22.2. The zero-order valence-corrected chi connectivity index (χ0v) is 37.3. The standard InChI is InChI=1S/C44H36N3O.C12H10N.Ir/c1-28(2)35-24-33(30-16-8-5-9-17-30)25-36(29(3)4)42(35)47-39-23-15-14-22-38(39)45-43(47)34-26-37(31-18-10-6-11-19-31)41-40(27-34)48-44(46-41)32-20-12-7-13-21-32;1-10-7-8-12(13-9-10)11-5-3-2-4-6-11;/h5-26,28-29H,1-4H3;2-5,7-9H,1H3;/q2*-1;/i;1D3;. The molecule has 5 nitrogen and oxygen atoms in total. The number of nitrogens with zero attached hydrogens (tertiary/aromatic N) is 4. The third-order valence-corrected chi connectivity index (χ3v) is 10.8. The van der Waals surface area contributed by atoms with Crippen LogP contribution in [-0.2, 0) is 20.1 Å². The van der Waals surface area contributed by atoms with Crippen LogP contribution in [0.3, 0.4) is 0 Å². The number of hydrogen-bond acceptors (Lipinski definition) is 4. The SMILES string of the molecule is CC(C)c1cc(-c2ccccc2)cc(C(C)C)c1-n1c(-c2[c-]c3oc(-c4ccccc4)nc3c(-c3ccccc3)c2)nc2ccccc21.[2H]C([2H])([2H])c1ccc(-c2[c-]cccc2)nc1.[Ir]. The molecule has 0 saturated heterocycles. The van der Waals surface area contributed by atoms with Gasteiger partial charge in [-0.3, -0.25) is 9.97 Å². The summed E-state index contributed by atoms with van der Waals surface area (Å²) in [6.07, 6.45) is 1.39. The fraction of sp³-hybridized carbons (Fsp3) is 0.125. The van der Waals surface area contributed by atoms with Crippen LogP contribution >= 0.6 is 0 Å². The van der Waals surface area contributed by atoms with E-state index in [9.17, 15) is 0 Å². The monoisotopic (exact) mass is 986 g/mol. The zero-order valence-electron chi connectivity index (χ0n) is 37.9. The average molecular weight is 986 g/mol. The van der Waals surface area contributed by atoms with E-state index in [1.807, 2.05) is 54.6 Å². The van der Waals surface area contributed by atoms with Gasteiger partial charge in [0.15, 0.2) is 0 Å². The summed E-state index contributed by atoms with van der Waals surface area (Å²) in [4.78, 5) is 14.4. The number of fused-ring (bicyclic) bond motifs is 2. The normalized spacial score (nSPS) is 12.1. The molecule has 0 atom stereocenters. The second-order valence-corrected chi connectivity index (χ2v) is 15.7. The minimum Gasteiger partial charge on any atom is -0.457 e. The molecular formula is C56H46IrN4O-2. The van der Waals surface area contributed by atoms with Crippen molar-refractivity contribution in [3.63, 3.8) is 0 Å². The van der Waals surface area contributed by atoms with Gasteiger partial charge >= 0.3 is 0 Å². The van der Waals surface area contributed by atoms with Gasteiger partial charge in [0.25, 0.3) is 0 Å². The molecule has 0 aliphatic heterocycles. The molecule has 0 unspecified atom stereocenters. The van der Waals surface area contributed by atoms with Crippen LogP contribution in [0.15, 0.2) is 180 Å². The van der Waals surface area contributed by atoms with Crippen LogP contribution in [0.5, 0.6) is 0 Å². The van der Waals surface area contributed by atoms with Gasteiger partial charge < -0.3 is 14.0 Å². The van der Waals surface area contributed by atoms with Crippen LogP contribution in [0, 0.1) is 19.0 Å². The van der Waals surface area contributed by atoms with E-state index in [0.29, 0.717) is 11.5 Å². The van der Waals surface area contributed by atoms with Crippen molar-refractivity contribution in [3.8, 4) is 62.0 Å². The van der Waals surface area contributed by atoms with Gasteiger partial charge in [0.2, 0.25) is 5.89 Å². The van der Waals surface area contributed by atoms with Gasteiger partial charge in [0.1, 0.15) is 0 Å². The number of rotatable bonds is 8. The summed E-state index contributed by atoms with van der Waals surface area (Å²) in [5.74, 6) is 1.93. The molecule has 0 spiro atoms. The van der Waals surface area contributed by atoms with E-state index in [1.165, 1.54) is 34.1 Å². The smallest absolute Gasteiger partial charge is 0.215 e. The fourth-order valence-corrected chi connectivity index (χ4v) is 7.78. The summed E-state index contributed by atoms with van der Waals surface area (Å²) < 4.78 is 30.5. The first-order chi connectivity index (χ1) is 31.0. The Kier molecular flexibility index (Phi) is 11.4. The predicted octanol–water partition coefficient (Wildman–Crippen LogP) is 14.7. The van der Waals surface area contributed by atoms with Crippen molar-refractivity contribution < 1.29 is 28.6 Å². The van der Waals surface area contributed by atoms with Crippen LogP contribution in [0.1, 0.15) is 60.3 Å². The minimum absolute atomic E-state index is 0. The summed E-state index contributed by atoms with van der Waals surface area (Å²) in [7, 11) is 0. The molecule has 3 aromatic heterocycles. The Hall–Kier alpha value is -6.72. The Morgan fingerprint density at radius 1 is 0.613 bits per heavy atom. The first kappa shape index (κ1) is 38.2. The summed E-state index contributed by atoms with van der Waals surface area (Å²) in [5.41, 5.74) is 15.2.